The van der Waals surface area contributed by atoms with Crippen LogP contribution in [0.15, 0.2) is 23.2 Å². The summed E-state index contributed by atoms with van der Waals surface area (Å²) < 4.78 is 24.8. The molecule has 0 saturated carbocycles. The van der Waals surface area contributed by atoms with Crippen LogP contribution in [0.4, 0.5) is 10.1 Å². The molecule has 28 heavy (non-hydrogen) atoms. The lowest BCUT2D eigenvalue weighted by atomic mass is 10.1. The predicted molar refractivity (Wildman–Crippen MR) is 123 cm³/mol. The highest BCUT2D eigenvalue weighted by atomic mass is 127. The summed E-state index contributed by atoms with van der Waals surface area (Å²) in [6, 6.07) is 5.30. The molecule has 2 rings (SSSR count). The number of halogens is 2. The molecule has 0 radical (unpaired) electrons. The van der Waals surface area contributed by atoms with Crippen LogP contribution in [0.1, 0.15) is 18.9 Å². The Labute approximate surface area is 185 Å². The van der Waals surface area contributed by atoms with Gasteiger partial charge in [-0.15, -0.1) is 24.0 Å². The lowest BCUT2D eigenvalue weighted by Crippen LogP contribution is -2.40. The molecule has 6 nitrogen and oxygen atoms in total. The Kier molecular flexibility index (Phi) is 11.7. The molecule has 0 spiro atoms. The van der Waals surface area contributed by atoms with E-state index in [1.165, 1.54) is 0 Å². The SMILES string of the molecule is CCNC(=NCc1ccc(N(C)C)c(F)c1)N1CCC(COCCOC)C1.I. The van der Waals surface area contributed by atoms with E-state index in [2.05, 4.69) is 17.1 Å². The van der Waals surface area contributed by atoms with Gasteiger partial charge in [0, 0.05) is 46.8 Å². The van der Waals surface area contributed by atoms with E-state index >= 15 is 0 Å². The summed E-state index contributed by atoms with van der Waals surface area (Å²) in [5.41, 5.74) is 1.46. The molecule has 0 aliphatic carbocycles. The van der Waals surface area contributed by atoms with Crippen LogP contribution in [0.3, 0.4) is 0 Å². The van der Waals surface area contributed by atoms with Gasteiger partial charge in [-0.1, -0.05) is 6.07 Å². The number of hydrogen-bond donors (Lipinski definition) is 1. The second-order valence-corrected chi connectivity index (χ2v) is 7.02. The second kappa shape index (κ2) is 13.2. The fraction of sp³-hybridized carbons (Fsp3) is 0.650. The van der Waals surface area contributed by atoms with Gasteiger partial charge in [0.1, 0.15) is 5.82 Å². The van der Waals surface area contributed by atoms with E-state index in [1.807, 2.05) is 20.2 Å². The third-order valence-electron chi connectivity index (χ3n) is 4.61. The fourth-order valence-electron chi connectivity index (χ4n) is 3.16. The van der Waals surface area contributed by atoms with Crippen molar-refractivity contribution in [1.29, 1.82) is 0 Å². The van der Waals surface area contributed by atoms with Crippen molar-refractivity contribution in [2.45, 2.75) is 19.9 Å². The van der Waals surface area contributed by atoms with E-state index < -0.39 is 0 Å². The maximum absolute atomic E-state index is 14.2. The van der Waals surface area contributed by atoms with Gasteiger partial charge >= 0.3 is 0 Å². The lowest BCUT2D eigenvalue weighted by Gasteiger charge is -2.22. The first-order valence-corrected chi connectivity index (χ1v) is 9.60. The van der Waals surface area contributed by atoms with Crippen molar-refractivity contribution in [3.05, 3.63) is 29.6 Å². The average molecular weight is 508 g/mol. The third kappa shape index (κ3) is 7.71. The Morgan fingerprint density at radius 3 is 2.79 bits per heavy atom. The highest BCUT2D eigenvalue weighted by Crippen LogP contribution is 2.20. The van der Waals surface area contributed by atoms with Crippen LogP contribution < -0.4 is 10.2 Å². The molecule has 1 aromatic carbocycles. The van der Waals surface area contributed by atoms with Gasteiger partial charge in [0.25, 0.3) is 0 Å². The minimum absolute atomic E-state index is 0. The van der Waals surface area contributed by atoms with E-state index in [-0.39, 0.29) is 29.8 Å². The van der Waals surface area contributed by atoms with E-state index in [4.69, 9.17) is 14.5 Å². The van der Waals surface area contributed by atoms with Crippen LogP contribution in [-0.2, 0) is 16.0 Å². The van der Waals surface area contributed by atoms with Gasteiger partial charge in [-0.25, -0.2) is 9.38 Å². The zero-order valence-corrected chi connectivity index (χ0v) is 19.7. The predicted octanol–water partition coefficient (Wildman–Crippen LogP) is 2.96. The molecule has 160 valence electrons. The van der Waals surface area contributed by atoms with Crippen LogP contribution in [0.25, 0.3) is 0 Å². The van der Waals surface area contributed by atoms with Crippen LogP contribution in [0, 0.1) is 11.7 Å². The number of hydrogen-bond acceptors (Lipinski definition) is 4. The van der Waals surface area contributed by atoms with Crippen molar-refractivity contribution >= 4 is 35.6 Å². The summed E-state index contributed by atoms with van der Waals surface area (Å²) in [7, 11) is 5.35. The summed E-state index contributed by atoms with van der Waals surface area (Å²) in [5.74, 6) is 1.17. The fourth-order valence-corrected chi connectivity index (χ4v) is 3.16. The first-order valence-electron chi connectivity index (χ1n) is 9.60. The van der Waals surface area contributed by atoms with E-state index in [9.17, 15) is 4.39 Å². The first-order chi connectivity index (χ1) is 13.0. The highest BCUT2D eigenvalue weighted by Gasteiger charge is 2.25. The zero-order chi connectivity index (χ0) is 19.6. The largest absolute Gasteiger partial charge is 0.382 e. The number of anilines is 1. The van der Waals surface area contributed by atoms with E-state index in [1.54, 1.807) is 24.1 Å². The smallest absolute Gasteiger partial charge is 0.194 e. The van der Waals surface area contributed by atoms with Gasteiger partial charge in [-0.05, 0) is 31.0 Å². The van der Waals surface area contributed by atoms with E-state index in [0.717, 1.165) is 44.2 Å². The van der Waals surface area contributed by atoms with Gasteiger partial charge in [-0.2, -0.15) is 0 Å². The number of nitrogens with zero attached hydrogens (tertiary/aromatic N) is 3. The number of ether oxygens (including phenoxy) is 2. The molecule has 1 fully saturated rings. The number of guanidine groups is 1. The highest BCUT2D eigenvalue weighted by molar-refractivity contribution is 14.0. The van der Waals surface area contributed by atoms with Gasteiger partial charge < -0.3 is 24.6 Å². The van der Waals surface area contributed by atoms with Crippen molar-refractivity contribution in [3.8, 4) is 0 Å². The van der Waals surface area contributed by atoms with Gasteiger partial charge in [0.05, 0.1) is 32.1 Å². The molecule has 1 atom stereocenters. The van der Waals surface area contributed by atoms with E-state index in [0.29, 0.717) is 31.4 Å². The maximum Gasteiger partial charge on any atom is 0.194 e. The Bertz CT molecular complexity index is 616. The number of aliphatic imine (C=N–C) groups is 1. The van der Waals surface area contributed by atoms with Crippen LogP contribution in [0.5, 0.6) is 0 Å². The van der Waals surface area contributed by atoms with Gasteiger partial charge in [0.15, 0.2) is 5.96 Å². The van der Waals surface area contributed by atoms with Crippen molar-refractivity contribution in [2.75, 3.05) is 65.6 Å². The molecule has 1 N–H and O–H groups in total. The summed E-state index contributed by atoms with van der Waals surface area (Å²) in [6.45, 7) is 7.21. The molecule has 1 heterocycles. The van der Waals surface area contributed by atoms with Gasteiger partial charge in [-0.3, -0.25) is 0 Å². The minimum atomic E-state index is -0.216. The van der Waals surface area contributed by atoms with Crippen LogP contribution in [0.2, 0.25) is 0 Å². The molecule has 1 unspecified atom stereocenters. The van der Waals surface area contributed by atoms with Gasteiger partial charge in [0.2, 0.25) is 0 Å². The van der Waals surface area contributed by atoms with Crippen molar-refractivity contribution < 1.29 is 13.9 Å². The maximum atomic E-state index is 14.2. The Hall–Kier alpha value is -1.13. The summed E-state index contributed by atoms with van der Waals surface area (Å²) >= 11 is 0. The summed E-state index contributed by atoms with van der Waals surface area (Å²) in [6.07, 6.45) is 1.09. The summed E-state index contributed by atoms with van der Waals surface area (Å²) in [4.78, 5) is 8.75. The molecule has 1 aromatic rings. The second-order valence-electron chi connectivity index (χ2n) is 7.02. The van der Waals surface area contributed by atoms with Crippen molar-refractivity contribution in [2.24, 2.45) is 10.9 Å². The van der Waals surface area contributed by atoms with Crippen molar-refractivity contribution in [3.63, 3.8) is 0 Å². The number of likely N-dealkylation sites (tertiary alicyclic amines) is 1. The standard InChI is InChI=1S/C20H33FN4O2.HI/c1-5-22-20(25-9-8-17(14-25)15-27-11-10-26-4)23-13-16-6-7-19(24(2)3)18(21)12-16;/h6-7,12,17H,5,8-11,13-15H2,1-4H3,(H,22,23);1H. The lowest BCUT2D eigenvalue weighted by molar-refractivity contribution is 0.0536. The molecular formula is C20H34FIN4O2. The Morgan fingerprint density at radius 2 is 2.14 bits per heavy atom. The monoisotopic (exact) mass is 508 g/mol. The van der Waals surface area contributed by atoms with Crippen LogP contribution in [-0.4, -0.2) is 71.5 Å². The topological polar surface area (TPSA) is 49.3 Å². The molecule has 1 aliphatic rings. The Balaban J connectivity index is 0.00000392. The quantitative estimate of drug-likeness (QED) is 0.241. The summed E-state index contributed by atoms with van der Waals surface area (Å²) in [5, 5.41) is 3.35. The zero-order valence-electron chi connectivity index (χ0n) is 17.4. The van der Waals surface area contributed by atoms with Crippen molar-refractivity contribution in [1.82, 2.24) is 10.2 Å². The first kappa shape index (κ1) is 24.9. The number of methoxy groups -OCH3 is 1. The minimum Gasteiger partial charge on any atom is -0.382 e. The normalized spacial score (nSPS) is 16.8. The molecule has 1 saturated heterocycles. The molecule has 0 aromatic heterocycles. The molecule has 0 amide bonds. The number of rotatable bonds is 9. The molecule has 1 aliphatic heterocycles. The molecular weight excluding hydrogens is 474 g/mol. The third-order valence-corrected chi connectivity index (χ3v) is 4.61. The molecule has 0 bridgehead atoms. The molecule has 8 heteroatoms. The van der Waals surface area contributed by atoms with Crippen LogP contribution >= 0.6 is 24.0 Å². The number of benzene rings is 1. The average Bonchev–Trinajstić information content (AvgIpc) is 3.11. The Morgan fingerprint density at radius 1 is 1.36 bits per heavy atom. The number of nitrogens with one attached hydrogen (secondary N) is 1.